The number of hydrogen-bond acceptors (Lipinski definition) is 4. The highest BCUT2D eigenvalue weighted by Gasteiger charge is 2.38. The summed E-state index contributed by atoms with van der Waals surface area (Å²) < 4.78 is 0. The summed E-state index contributed by atoms with van der Waals surface area (Å²) in [5, 5.41) is 20.3. The first kappa shape index (κ1) is 16.1. The number of carboxylic acids is 1. The van der Waals surface area contributed by atoms with Gasteiger partial charge in [0, 0.05) is 37.7 Å². The highest BCUT2D eigenvalue weighted by molar-refractivity contribution is 5.72. The maximum Gasteiger partial charge on any atom is 0.308 e. The van der Waals surface area contributed by atoms with Gasteiger partial charge in [-0.1, -0.05) is 42.5 Å². The molecule has 6 nitrogen and oxygen atoms in total. The van der Waals surface area contributed by atoms with Crippen LogP contribution in [0.5, 0.6) is 0 Å². The van der Waals surface area contributed by atoms with Gasteiger partial charge in [0.05, 0.1) is 10.8 Å². The molecule has 1 aliphatic heterocycles. The van der Waals surface area contributed by atoms with E-state index in [4.69, 9.17) is 0 Å². The van der Waals surface area contributed by atoms with Crippen molar-refractivity contribution in [1.29, 1.82) is 0 Å². The van der Waals surface area contributed by atoms with Gasteiger partial charge in [-0.3, -0.25) is 19.8 Å². The molecular weight excluding hydrogens is 308 g/mol. The molecule has 6 heteroatoms. The number of carboxylic acid groups (broad SMARTS) is 1. The summed E-state index contributed by atoms with van der Waals surface area (Å²) in [6.45, 7) is 1.81. The van der Waals surface area contributed by atoms with Gasteiger partial charge in [0.25, 0.3) is 5.69 Å². The Balaban J connectivity index is 1.78. The van der Waals surface area contributed by atoms with Crippen LogP contribution in [0.3, 0.4) is 0 Å². The van der Waals surface area contributed by atoms with Gasteiger partial charge in [-0.2, -0.15) is 0 Å². The Morgan fingerprint density at radius 2 is 1.79 bits per heavy atom. The maximum absolute atomic E-state index is 11.6. The number of nitro groups is 1. The average molecular weight is 326 g/mol. The molecule has 0 aromatic heterocycles. The van der Waals surface area contributed by atoms with Gasteiger partial charge in [0.1, 0.15) is 0 Å². The van der Waals surface area contributed by atoms with Crippen LogP contribution in [0.15, 0.2) is 54.6 Å². The van der Waals surface area contributed by atoms with E-state index in [1.165, 1.54) is 12.1 Å². The van der Waals surface area contributed by atoms with E-state index >= 15 is 0 Å². The summed E-state index contributed by atoms with van der Waals surface area (Å²) in [6.07, 6.45) is 0. The maximum atomic E-state index is 11.6. The number of hydrogen-bond donors (Lipinski definition) is 1. The number of nitrogens with zero attached hydrogens (tertiary/aromatic N) is 2. The molecule has 1 N–H and O–H groups in total. The van der Waals surface area contributed by atoms with E-state index in [0.717, 1.165) is 11.1 Å². The molecule has 2 aromatic rings. The zero-order chi connectivity index (χ0) is 17.1. The van der Waals surface area contributed by atoms with Crippen molar-refractivity contribution in [3.05, 3.63) is 75.8 Å². The fraction of sp³-hybridized carbons (Fsp3) is 0.278. The van der Waals surface area contributed by atoms with Crippen molar-refractivity contribution in [2.45, 2.75) is 12.5 Å². The summed E-state index contributed by atoms with van der Waals surface area (Å²) in [7, 11) is 0. The molecule has 1 heterocycles. The van der Waals surface area contributed by atoms with Crippen LogP contribution >= 0.6 is 0 Å². The molecule has 0 bridgehead atoms. The Morgan fingerprint density at radius 3 is 2.38 bits per heavy atom. The molecule has 0 amide bonds. The molecule has 1 aliphatic rings. The van der Waals surface area contributed by atoms with Crippen molar-refractivity contribution in [1.82, 2.24) is 4.90 Å². The van der Waals surface area contributed by atoms with E-state index in [2.05, 4.69) is 4.90 Å². The first-order valence-corrected chi connectivity index (χ1v) is 7.78. The molecule has 2 atom stereocenters. The number of likely N-dealkylation sites (tertiary alicyclic amines) is 1. The Hall–Kier alpha value is -2.73. The molecule has 124 valence electrons. The fourth-order valence-corrected chi connectivity index (χ4v) is 3.29. The predicted molar refractivity (Wildman–Crippen MR) is 88.7 cm³/mol. The van der Waals surface area contributed by atoms with Crippen molar-refractivity contribution in [2.24, 2.45) is 5.92 Å². The normalized spacial score (nSPS) is 20.8. The number of non-ortho nitro benzene ring substituents is 1. The van der Waals surface area contributed by atoms with Crippen LogP contribution in [0.25, 0.3) is 0 Å². The van der Waals surface area contributed by atoms with Crippen LogP contribution in [-0.4, -0.2) is 34.0 Å². The standard InChI is InChI=1S/C18H18N2O4/c21-18(22)17-12-19(10-13-4-2-1-3-5-13)11-16(17)14-6-8-15(9-7-14)20(23)24/h1-9,16-17H,10-12H2,(H,21,22)/t16-,17+/m1/s1. The van der Waals surface area contributed by atoms with Crippen LogP contribution in [0.4, 0.5) is 5.69 Å². The van der Waals surface area contributed by atoms with Gasteiger partial charge in [-0.05, 0) is 11.1 Å². The Labute approximate surface area is 139 Å². The van der Waals surface area contributed by atoms with Gasteiger partial charge in [-0.25, -0.2) is 0 Å². The van der Waals surface area contributed by atoms with E-state index in [1.54, 1.807) is 12.1 Å². The Bertz CT molecular complexity index is 730. The minimum Gasteiger partial charge on any atom is -0.481 e. The number of nitro benzene ring substituents is 1. The van der Waals surface area contributed by atoms with Gasteiger partial charge < -0.3 is 5.11 Å². The third-order valence-electron chi connectivity index (χ3n) is 4.49. The molecule has 0 saturated carbocycles. The SMILES string of the molecule is O=C(O)[C@H]1CN(Cc2ccccc2)C[C@@H]1c1ccc([N+](=O)[O-])cc1. The Kier molecular flexibility index (Phi) is 4.57. The minimum atomic E-state index is -0.825. The second-order valence-electron chi connectivity index (χ2n) is 6.08. The van der Waals surface area contributed by atoms with Crippen LogP contribution in [-0.2, 0) is 11.3 Å². The molecule has 24 heavy (non-hydrogen) atoms. The van der Waals surface area contributed by atoms with Crippen LogP contribution in [0.1, 0.15) is 17.0 Å². The fourth-order valence-electron chi connectivity index (χ4n) is 3.29. The van der Waals surface area contributed by atoms with Crippen LogP contribution < -0.4 is 0 Å². The first-order valence-electron chi connectivity index (χ1n) is 7.78. The van der Waals surface area contributed by atoms with Crippen molar-refractivity contribution in [3.63, 3.8) is 0 Å². The lowest BCUT2D eigenvalue weighted by molar-refractivity contribution is -0.384. The summed E-state index contributed by atoms with van der Waals surface area (Å²) in [6, 6.07) is 16.1. The predicted octanol–water partition coefficient (Wildman–Crippen LogP) is 2.90. The second kappa shape index (κ2) is 6.80. The van der Waals surface area contributed by atoms with E-state index in [1.807, 2.05) is 30.3 Å². The zero-order valence-electron chi connectivity index (χ0n) is 13.0. The van der Waals surface area contributed by atoms with E-state index in [0.29, 0.717) is 19.6 Å². The highest BCUT2D eigenvalue weighted by atomic mass is 16.6. The smallest absolute Gasteiger partial charge is 0.308 e. The number of carbonyl (C=O) groups is 1. The van der Waals surface area contributed by atoms with Crippen molar-refractivity contribution in [3.8, 4) is 0 Å². The largest absolute Gasteiger partial charge is 0.481 e. The van der Waals surface area contributed by atoms with Crippen LogP contribution in [0, 0.1) is 16.0 Å². The van der Waals surface area contributed by atoms with Gasteiger partial charge in [-0.15, -0.1) is 0 Å². The average Bonchev–Trinajstić information content (AvgIpc) is 3.00. The Morgan fingerprint density at radius 1 is 1.12 bits per heavy atom. The third-order valence-corrected chi connectivity index (χ3v) is 4.49. The van der Waals surface area contributed by atoms with Crippen molar-refractivity contribution >= 4 is 11.7 Å². The first-order chi connectivity index (χ1) is 11.5. The van der Waals surface area contributed by atoms with Gasteiger partial charge in [0.15, 0.2) is 0 Å². The highest BCUT2D eigenvalue weighted by Crippen LogP contribution is 2.34. The lowest BCUT2D eigenvalue weighted by atomic mass is 9.89. The molecular formula is C18H18N2O4. The summed E-state index contributed by atoms with van der Waals surface area (Å²) in [4.78, 5) is 24.1. The van der Waals surface area contributed by atoms with Crippen molar-refractivity contribution < 1.29 is 14.8 Å². The topological polar surface area (TPSA) is 83.7 Å². The lowest BCUT2D eigenvalue weighted by Crippen LogP contribution is -2.23. The van der Waals surface area contributed by atoms with Crippen LogP contribution in [0.2, 0.25) is 0 Å². The summed E-state index contributed by atoms with van der Waals surface area (Å²) in [5.74, 6) is -1.49. The third kappa shape index (κ3) is 3.44. The monoisotopic (exact) mass is 326 g/mol. The molecule has 2 aromatic carbocycles. The molecule has 0 spiro atoms. The summed E-state index contributed by atoms with van der Waals surface area (Å²) >= 11 is 0. The van der Waals surface area contributed by atoms with Crippen molar-refractivity contribution in [2.75, 3.05) is 13.1 Å². The molecule has 0 unspecified atom stereocenters. The molecule has 1 fully saturated rings. The summed E-state index contributed by atoms with van der Waals surface area (Å²) in [5.41, 5.74) is 2.00. The quantitative estimate of drug-likeness (QED) is 0.674. The van der Waals surface area contributed by atoms with Gasteiger partial charge >= 0.3 is 5.97 Å². The molecule has 0 radical (unpaired) electrons. The number of benzene rings is 2. The van der Waals surface area contributed by atoms with Gasteiger partial charge in [0.2, 0.25) is 0 Å². The van der Waals surface area contributed by atoms with E-state index < -0.39 is 16.8 Å². The number of aliphatic carboxylic acids is 1. The molecule has 3 rings (SSSR count). The molecule has 0 aliphatic carbocycles. The minimum absolute atomic E-state index is 0.0183. The number of rotatable bonds is 5. The molecule has 1 saturated heterocycles. The lowest BCUT2D eigenvalue weighted by Gasteiger charge is -2.16. The van der Waals surface area contributed by atoms with E-state index in [-0.39, 0.29) is 11.6 Å². The second-order valence-corrected chi connectivity index (χ2v) is 6.08. The van der Waals surface area contributed by atoms with E-state index in [9.17, 15) is 20.0 Å². The zero-order valence-corrected chi connectivity index (χ0v) is 13.0.